The molecule has 0 saturated carbocycles. The second-order valence-electron chi connectivity index (χ2n) is 6.87. The quantitative estimate of drug-likeness (QED) is 0.677. The van der Waals surface area contributed by atoms with Gasteiger partial charge in [0.1, 0.15) is 17.6 Å². The number of para-hydroxylation sites is 1. The molecule has 0 aliphatic carbocycles. The molecule has 29 heavy (non-hydrogen) atoms. The molecule has 4 rings (SSSR count). The Morgan fingerprint density at radius 3 is 2.69 bits per heavy atom. The molecule has 1 amide bonds. The van der Waals surface area contributed by atoms with Gasteiger partial charge in [-0.2, -0.15) is 22.5 Å². The normalized spacial score (nSPS) is 21.7. The van der Waals surface area contributed by atoms with Crippen LogP contribution in [-0.4, -0.2) is 41.5 Å². The van der Waals surface area contributed by atoms with Gasteiger partial charge in [-0.05, 0) is 37.6 Å². The van der Waals surface area contributed by atoms with Gasteiger partial charge in [-0.25, -0.2) is 4.68 Å². The van der Waals surface area contributed by atoms with Crippen LogP contribution in [0.1, 0.15) is 23.9 Å². The van der Waals surface area contributed by atoms with Crippen molar-refractivity contribution in [2.45, 2.75) is 25.4 Å². The van der Waals surface area contributed by atoms with Crippen molar-refractivity contribution < 1.29 is 17.6 Å². The predicted molar refractivity (Wildman–Crippen MR) is 107 cm³/mol. The molecule has 2 aromatic heterocycles. The van der Waals surface area contributed by atoms with E-state index in [-0.39, 0.29) is 6.42 Å². The smallest absolute Gasteiger partial charge is 0.280 e. The maximum Gasteiger partial charge on any atom is 0.280 e. The molecular formula is C19H21N5O4S. The van der Waals surface area contributed by atoms with Crippen molar-refractivity contribution in [2.75, 3.05) is 12.4 Å². The maximum atomic E-state index is 13.1. The second-order valence-corrected chi connectivity index (χ2v) is 8.63. The standard InChI is InChI=1S/C19H21N5O4S/c1-13-11-18(24(21-13)14-7-4-3-5-8-14)20-19(25)16-12-15(17-9-6-10-28-17)22-29(26,27)23(16)2/h3-11,15-16,22H,12H2,1-2H3,(H,20,25). The molecule has 3 aromatic rings. The minimum absolute atomic E-state index is 0.230. The largest absolute Gasteiger partial charge is 0.468 e. The number of aromatic nitrogens is 2. The zero-order valence-corrected chi connectivity index (χ0v) is 16.8. The highest BCUT2D eigenvalue weighted by atomic mass is 32.2. The summed E-state index contributed by atoms with van der Waals surface area (Å²) < 4.78 is 35.6. The van der Waals surface area contributed by atoms with Crippen LogP contribution >= 0.6 is 0 Å². The first-order valence-corrected chi connectivity index (χ1v) is 10.5. The van der Waals surface area contributed by atoms with Gasteiger partial charge in [0, 0.05) is 13.1 Å². The molecule has 1 saturated heterocycles. The number of aryl methyl sites for hydroxylation is 1. The van der Waals surface area contributed by atoms with Gasteiger partial charge in [0.05, 0.1) is 23.7 Å². The number of carbonyl (C=O) groups is 1. The zero-order chi connectivity index (χ0) is 20.6. The van der Waals surface area contributed by atoms with Gasteiger partial charge < -0.3 is 9.73 Å². The molecule has 10 heteroatoms. The minimum atomic E-state index is -3.84. The van der Waals surface area contributed by atoms with E-state index in [0.29, 0.717) is 11.6 Å². The Kier molecular flexibility index (Phi) is 4.99. The summed E-state index contributed by atoms with van der Waals surface area (Å²) in [4.78, 5) is 13.1. The molecule has 9 nitrogen and oxygen atoms in total. The number of likely N-dealkylation sites (N-methyl/N-ethyl adjacent to an activating group) is 1. The van der Waals surface area contributed by atoms with Crippen LogP contribution in [-0.2, 0) is 15.0 Å². The maximum absolute atomic E-state index is 13.1. The molecular weight excluding hydrogens is 394 g/mol. The Hall–Kier alpha value is -2.95. The van der Waals surface area contributed by atoms with Crippen LogP contribution in [0.4, 0.5) is 5.82 Å². The summed E-state index contributed by atoms with van der Waals surface area (Å²) in [5.41, 5.74) is 1.51. The summed E-state index contributed by atoms with van der Waals surface area (Å²) in [6, 6.07) is 13.0. The van der Waals surface area contributed by atoms with Gasteiger partial charge in [0.15, 0.2) is 0 Å². The number of nitrogens with zero attached hydrogens (tertiary/aromatic N) is 3. The number of hydrogen-bond acceptors (Lipinski definition) is 5. The fourth-order valence-electron chi connectivity index (χ4n) is 3.35. The predicted octanol–water partition coefficient (Wildman–Crippen LogP) is 1.99. The monoisotopic (exact) mass is 415 g/mol. The van der Waals surface area contributed by atoms with Gasteiger partial charge in [-0.15, -0.1) is 0 Å². The van der Waals surface area contributed by atoms with Gasteiger partial charge in [-0.3, -0.25) is 4.79 Å². The molecule has 0 bridgehead atoms. The van der Waals surface area contributed by atoms with Crippen molar-refractivity contribution in [3.8, 4) is 5.69 Å². The number of furan rings is 1. The zero-order valence-electron chi connectivity index (χ0n) is 15.9. The molecule has 0 radical (unpaired) electrons. The van der Waals surface area contributed by atoms with Crippen molar-refractivity contribution in [1.82, 2.24) is 18.8 Å². The van der Waals surface area contributed by atoms with Crippen molar-refractivity contribution in [3.63, 3.8) is 0 Å². The lowest BCUT2D eigenvalue weighted by Crippen LogP contribution is -2.56. The molecule has 1 aliphatic rings. The molecule has 2 unspecified atom stereocenters. The molecule has 152 valence electrons. The Balaban J connectivity index is 1.61. The Morgan fingerprint density at radius 1 is 1.24 bits per heavy atom. The molecule has 1 aliphatic heterocycles. The first-order chi connectivity index (χ1) is 13.8. The molecule has 1 fully saturated rings. The highest BCUT2D eigenvalue weighted by molar-refractivity contribution is 7.87. The molecule has 0 spiro atoms. The van der Waals surface area contributed by atoms with E-state index in [9.17, 15) is 13.2 Å². The first-order valence-electron chi connectivity index (χ1n) is 9.07. The van der Waals surface area contributed by atoms with E-state index >= 15 is 0 Å². The molecule has 1 aromatic carbocycles. The minimum Gasteiger partial charge on any atom is -0.468 e. The van der Waals surface area contributed by atoms with E-state index in [1.165, 1.54) is 13.3 Å². The average molecular weight is 415 g/mol. The third kappa shape index (κ3) is 3.82. The Bertz CT molecular complexity index is 1110. The summed E-state index contributed by atoms with van der Waals surface area (Å²) in [5, 5.41) is 7.26. The third-order valence-corrected chi connectivity index (χ3v) is 6.44. The summed E-state index contributed by atoms with van der Waals surface area (Å²) in [6.45, 7) is 1.82. The molecule has 2 N–H and O–H groups in total. The average Bonchev–Trinajstić information content (AvgIpc) is 3.34. The van der Waals surface area contributed by atoms with Crippen LogP contribution in [0.5, 0.6) is 0 Å². The topological polar surface area (TPSA) is 109 Å². The number of hydrogen-bond donors (Lipinski definition) is 2. The van der Waals surface area contributed by atoms with Crippen molar-refractivity contribution >= 4 is 21.9 Å². The van der Waals surface area contributed by atoms with E-state index < -0.39 is 28.2 Å². The van der Waals surface area contributed by atoms with Gasteiger partial charge in [0.2, 0.25) is 5.91 Å². The number of amides is 1. The second kappa shape index (κ2) is 7.47. The lowest BCUT2D eigenvalue weighted by Gasteiger charge is -2.35. The van der Waals surface area contributed by atoms with Crippen LogP contribution in [0.25, 0.3) is 5.69 Å². The summed E-state index contributed by atoms with van der Waals surface area (Å²) in [6.07, 6.45) is 1.70. The number of nitrogens with one attached hydrogen (secondary N) is 2. The van der Waals surface area contributed by atoms with E-state index in [2.05, 4.69) is 15.1 Å². The fraction of sp³-hybridized carbons (Fsp3) is 0.263. The van der Waals surface area contributed by atoms with E-state index in [4.69, 9.17) is 4.42 Å². The summed E-state index contributed by atoms with van der Waals surface area (Å²) >= 11 is 0. The van der Waals surface area contributed by atoms with E-state index in [1.54, 1.807) is 22.9 Å². The summed E-state index contributed by atoms with van der Waals surface area (Å²) in [5.74, 6) is 0.494. The highest BCUT2D eigenvalue weighted by Gasteiger charge is 2.41. The van der Waals surface area contributed by atoms with Crippen LogP contribution < -0.4 is 10.0 Å². The van der Waals surface area contributed by atoms with E-state index in [1.807, 2.05) is 37.3 Å². The van der Waals surface area contributed by atoms with Crippen molar-refractivity contribution in [3.05, 3.63) is 66.2 Å². The highest BCUT2D eigenvalue weighted by Crippen LogP contribution is 2.29. The summed E-state index contributed by atoms with van der Waals surface area (Å²) in [7, 11) is -2.46. The number of carbonyl (C=O) groups excluding carboxylic acids is 1. The van der Waals surface area contributed by atoms with Crippen LogP contribution in [0, 0.1) is 6.92 Å². The number of benzene rings is 1. The van der Waals surface area contributed by atoms with E-state index in [0.717, 1.165) is 15.7 Å². The van der Waals surface area contributed by atoms with Gasteiger partial charge in [0.25, 0.3) is 10.2 Å². The van der Waals surface area contributed by atoms with Crippen LogP contribution in [0.15, 0.2) is 59.2 Å². The first kappa shape index (κ1) is 19.4. The van der Waals surface area contributed by atoms with Crippen LogP contribution in [0.2, 0.25) is 0 Å². The molecule has 2 atom stereocenters. The molecule has 3 heterocycles. The van der Waals surface area contributed by atoms with Crippen molar-refractivity contribution in [1.29, 1.82) is 0 Å². The van der Waals surface area contributed by atoms with Crippen molar-refractivity contribution in [2.24, 2.45) is 0 Å². The fourth-order valence-corrected chi connectivity index (χ4v) is 4.61. The lowest BCUT2D eigenvalue weighted by molar-refractivity contribution is -0.120. The lowest BCUT2D eigenvalue weighted by atomic mass is 10.0. The SMILES string of the molecule is Cc1cc(NC(=O)C2CC(c3ccco3)NS(=O)(=O)N2C)n(-c2ccccc2)n1. The Morgan fingerprint density at radius 2 is 2.00 bits per heavy atom. The van der Waals surface area contributed by atoms with Gasteiger partial charge >= 0.3 is 0 Å². The third-order valence-electron chi connectivity index (χ3n) is 4.84. The number of anilines is 1. The number of rotatable bonds is 4. The van der Waals surface area contributed by atoms with Gasteiger partial charge in [-0.1, -0.05) is 18.2 Å². The Labute approximate surface area is 168 Å². The van der Waals surface area contributed by atoms with Crippen LogP contribution in [0.3, 0.4) is 0 Å².